The molecule has 0 bridgehead atoms. The molecule has 0 aliphatic rings. The first-order valence-electron chi connectivity index (χ1n) is 2.00. The second-order valence-electron chi connectivity index (χ2n) is 0.600. The molecule has 0 aliphatic carbocycles. The van der Waals surface area contributed by atoms with Gasteiger partial charge in [-0.3, -0.25) is 0 Å². The fourth-order valence-electron chi connectivity index (χ4n) is 0.0722. The Morgan fingerprint density at radius 2 is 1.42 bits per heavy atom. The summed E-state index contributed by atoms with van der Waals surface area (Å²) in [6.45, 7) is -0.0660. The molecule has 5 nitrogen and oxygen atoms in total. The molecular formula is C5H9NO4Y2-4. The number of hydrogen-bond acceptors (Lipinski definition) is 4. The van der Waals surface area contributed by atoms with Crippen molar-refractivity contribution >= 4 is 12.7 Å². The van der Waals surface area contributed by atoms with Crippen LogP contribution in [0.4, 0.5) is 0 Å². The van der Waals surface area contributed by atoms with Crippen LogP contribution in [0.1, 0.15) is 0 Å². The third-order valence-corrected chi connectivity index (χ3v) is 0.233. The second kappa shape index (κ2) is 56.1. The Kier molecular flexibility index (Phi) is 137. The zero-order chi connectivity index (χ0) is 8.83. The molecule has 0 spiro atoms. The van der Waals surface area contributed by atoms with Gasteiger partial charge in [0, 0.05) is 65.4 Å². The van der Waals surface area contributed by atoms with Crippen LogP contribution in [0.2, 0.25) is 0 Å². The molecule has 0 saturated heterocycles. The van der Waals surface area contributed by atoms with E-state index in [0.717, 1.165) is 0 Å². The van der Waals surface area contributed by atoms with Crippen LogP contribution >= 0.6 is 0 Å². The Balaban J connectivity index is -0.0000000241. The standard InChI is InChI=1S/C3H3NO2.2CH3O.2Y/c5-2-1-4-3-6;2*1-2;;/h1H2,(H,4,6);2*2H,1H2;;/q-2;2*-1;;. The second-order valence-corrected chi connectivity index (χ2v) is 0.600. The molecule has 0 aromatic carbocycles. The quantitative estimate of drug-likeness (QED) is 0.355. The van der Waals surface area contributed by atoms with E-state index in [4.69, 9.17) is 15.0 Å². The number of aliphatic hydroxyl groups excluding tert-OH is 2. The Morgan fingerprint density at radius 1 is 1.08 bits per heavy atom. The van der Waals surface area contributed by atoms with Gasteiger partial charge in [0.05, 0.1) is 0 Å². The van der Waals surface area contributed by atoms with Gasteiger partial charge in [-0.25, -0.2) is 20.5 Å². The molecule has 1 amide bonds. The van der Waals surface area contributed by atoms with Crippen molar-refractivity contribution in [3.05, 3.63) is 14.2 Å². The molecule has 3 N–H and O–H groups in total. The molecule has 0 heterocycles. The molecule has 0 aromatic rings. The zero-order valence-corrected chi connectivity index (χ0v) is 12.2. The number of hydrogen-bond donors (Lipinski definition) is 3. The van der Waals surface area contributed by atoms with Crippen molar-refractivity contribution in [1.82, 2.24) is 5.32 Å². The Labute approximate surface area is 122 Å². The van der Waals surface area contributed by atoms with E-state index in [2.05, 4.69) is 14.2 Å². The van der Waals surface area contributed by atoms with Crippen LogP contribution in [0, 0.1) is 14.2 Å². The van der Waals surface area contributed by atoms with Crippen molar-refractivity contribution in [3.63, 3.8) is 0 Å². The van der Waals surface area contributed by atoms with Gasteiger partial charge in [-0.1, -0.05) is 0 Å². The van der Waals surface area contributed by atoms with E-state index >= 15 is 0 Å². The summed E-state index contributed by atoms with van der Waals surface area (Å²) in [6, 6.07) is 0. The largest absolute Gasteiger partial charge is 0.569 e. The number of amides is 1. The van der Waals surface area contributed by atoms with E-state index in [1.807, 2.05) is 5.32 Å². The van der Waals surface area contributed by atoms with Crippen molar-refractivity contribution in [3.8, 4) is 0 Å². The molecular weight excluding hydrogens is 316 g/mol. The van der Waals surface area contributed by atoms with Crippen LogP contribution in [0.3, 0.4) is 0 Å². The van der Waals surface area contributed by atoms with Gasteiger partial charge in [-0.05, 0) is 0 Å². The predicted octanol–water partition coefficient (Wildman–Crippen LogP) is -0.951. The zero-order valence-electron chi connectivity index (χ0n) is 6.49. The monoisotopic (exact) mass is 325 g/mol. The Hall–Kier alpha value is 1.27. The van der Waals surface area contributed by atoms with Crippen LogP contribution in [0.15, 0.2) is 0 Å². The normalized spacial score (nSPS) is 4.33. The van der Waals surface area contributed by atoms with Crippen molar-refractivity contribution in [1.29, 1.82) is 0 Å². The van der Waals surface area contributed by atoms with Gasteiger partial charge < -0.3 is 25.1 Å². The first-order chi connectivity index (χ1) is 4.91. The number of nitrogens with one attached hydrogen (secondary N) is 1. The van der Waals surface area contributed by atoms with E-state index in [-0.39, 0.29) is 72.0 Å². The fourth-order valence-corrected chi connectivity index (χ4v) is 0.0722. The maximum Gasteiger partial charge on any atom is 0 e. The average molecular weight is 325 g/mol. The van der Waals surface area contributed by atoms with E-state index in [0.29, 0.717) is 0 Å². The number of aliphatic hydroxyl groups is 2. The summed E-state index contributed by atoms with van der Waals surface area (Å²) < 4.78 is 0. The van der Waals surface area contributed by atoms with E-state index in [1.54, 1.807) is 0 Å². The van der Waals surface area contributed by atoms with Crippen molar-refractivity contribution in [2.24, 2.45) is 0 Å². The molecule has 0 atom stereocenters. The maximum atomic E-state index is 9.20. The smallest absolute Gasteiger partial charge is 0 e. The van der Waals surface area contributed by atoms with Gasteiger partial charge in [0.25, 0.3) is 0 Å². The van der Waals surface area contributed by atoms with Crippen LogP contribution < -0.4 is 5.32 Å². The van der Waals surface area contributed by atoms with Crippen molar-refractivity contribution < 1.29 is 85.2 Å². The number of carbonyl (C=O) groups excluding carboxylic acids is 2. The molecule has 0 aromatic heterocycles. The molecule has 0 aliphatic heterocycles. The fraction of sp³-hybridized carbons (Fsp3) is 0.200. The molecule has 0 saturated carbocycles. The molecule has 68 valence electrons. The minimum atomic E-state index is -0.0660. The molecule has 2 radical (unpaired) electrons. The molecule has 7 heteroatoms. The SMILES string of the molecule is O=[C-]CN[C-]=O.[CH2-]O.[CH2-]O.[Y].[Y]. The minimum absolute atomic E-state index is 0. The summed E-state index contributed by atoms with van der Waals surface area (Å²) in [5, 5.41) is 15.5. The minimum Gasteiger partial charge on any atom is -0.569 e. The van der Waals surface area contributed by atoms with Gasteiger partial charge in [-0.2, -0.15) is 6.41 Å². The van der Waals surface area contributed by atoms with Crippen LogP contribution in [-0.2, 0) is 75.0 Å². The summed E-state index contributed by atoms with van der Waals surface area (Å²) in [5.41, 5.74) is 0. The van der Waals surface area contributed by atoms with E-state index in [9.17, 15) is 4.79 Å². The molecule has 12 heavy (non-hydrogen) atoms. The number of rotatable bonds is 3. The van der Waals surface area contributed by atoms with E-state index < -0.39 is 0 Å². The third-order valence-electron chi connectivity index (χ3n) is 0.233. The predicted molar refractivity (Wildman–Crippen MR) is 34.0 cm³/mol. The van der Waals surface area contributed by atoms with Gasteiger partial charge in [-0.15, -0.1) is 6.54 Å². The topological polar surface area (TPSA) is 86.6 Å². The summed E-state index contributed by atoms with van der Waals surface area (Å²) >= 11 is 0. The molecule has 0 fully saturated rings. The van der Waals surface area contributed by atoms with Gasteiger partial charge in [0.1, 0.15) is 0 Å². The first kappa shape index (κ1) is 29.2. The van der Waals surface area contributed by atoms with Crippen LogP contribution in [0.25, 0.3) is 0 Å². The summed E-state index contributed by atoms with van der Waals surface area (Å²) in [6.07, 6.45) is 2.75. The Bertz CT molecular complexity index is 57.4. The maximum absolute atomic E-state index is 9.20. The van der Waals surface area contributed by atoms with Crippen LogP contribution in [0.5, 0.6) is 0 Å². The average Bonchev–Trinajstić information content (AvgIpc) is 2.08. The molecule has 0 unspecified atom stereocenters. The van der Waals surface area contributed by atoms with Crippen molar-refractivity contribution in [2.75, 3.05) is 6.54 Å². The molecule has 0 rings (SSSR count). The van der Waals surface area contributed by atoms with Crippen molar-refractivity contribution in [2.45, 2.75) is 0 Å². The van der Waals surface area contributed by atoms with Crippen LogP contribution in [-0.4, -0.2) is 29.5 Å². The van der Waals surface area contributed by atoms with E-state index in [1.165, 1.54) is 12.7 Å². The van der Waals surface area contributed by atoms with Gasteiger partial charge >= 0.3 is 0 Å². The third kappa shape index (κ3) is 65.2. The summed E-state index contributed by atoms with van der Waals surface area (Å²) in [5.74, 6) is 0. The summed E-state index contributed by atoms with van der Waals surface area (Å²) in [4.78, 5) is 18.3. The Morgan fingerprint density at radius 3 is 1.50 bits per heavy atom. The first-order valence-corrected chi connectivity index (χ1v) is 2.00. The van der Waals surface area contributed by atoms with Gasteiger partial charge in [0.2, 0.25) is 0 Å². The summed E-state index contributed by atoms with van der Waals surface area (Å²) in [7, 11) is 4.50. The van der Waals surface area contributed by atoms with Gasteiger partial charge in [0.15, 0.2) is 0 Å².